The van der Waals surface area contributed by atoms with Gasteiger partial charge in [0.05, 0.1) is 6.10 Å². The second-order valence-electron chi connectivity index (χ2n) is 5.66. The standard InChI is InChI=1S/C16H22N2O/c1-12-3-2-4-13-10-17-14(9-16(12)13)5-7-18-8-6-15(19)11-18/h2-4,9,15,17,19H,5-8,10-11H2,1H3/t15-/m1/s1. The van der Waals surface area contributed by atoms with Crippen LogP contribution in [0.2, 0.25) is 0 Å². The number of nitrogens with zero attached hydrogens (tertiary/aromatic N) is 1. The van der Waals surface area contributed by atoms with Crippen molar-refractivity contribution in [1.82, 2.24) is 10.2 Å². The molecule has 2 heterocycles. The fourth-order valence-electron chi connectivity index (χ4n) is 2.99. The van der Waals surface area contributed by atoms with E-state index < -0.39 is 0 Å². The van der Waals surface area contributed by atoms with Crippen molar-refractivity contribution in [2.75, 3.05) is 19.6 Å². The van der Waals surface area contributed by atoms with Crippen LogP contribution in [0.25, 0.3) is 6.08 Å². The van der Waals surface area contributed by atoms with Gasteiger partial charge in [-0.1, -0.05) is 18.2 Å². The lowest BCUT2D eigenvalue weighted by Crippen LogP contribution is -2.26. The summed E-state index contributed by atoms with van der Waals surface area (Å²) in [5.74, 6) is 0. The van der Waals surface area contributed by atoms with Crippen molar-refractivity contribution in [1.29, 1.82) is 0 Å². The van der Waals surface area contributed by atoms with Crippen LogP contribution in [0.15, 0.2) is 23.9 Å². The molecule has 1 saturated heterocycles. The van der Waals surface area contributed by atoms with Crippen molar-refractivity contribution in [2.45, 2.75) is 32.4 Å². The van der Waals surface area contributed by atoms with Crippen molar-refractivity contribution in [2.24, 2.45) is 0 Å². The van der Waals surface area contributed by atoms with Crippen LogP contribution in [0.3, 0.4) is 0 Å². The van der Waals surface area contributed by atoms with Gasteiger partial charge in [-0.05, 0) is 42.5 Å². The summed E-state index contributed by atoms with van der Waals surface area (Å²) in [6, 6.07) is 6.49. The molecule has 0 bridgehead atoms. The van der Waals surface area contributed by atoms with E-state index in [0.29, 0.717) is 0 Å². The highest BCUT2D eigenvalue weighted by atomic mass is 16.3. The van der Waals surface area contributed by atoms with Crippen molar-refractivity contribution in [3.05, 3.63) is 40.6 Å². The van der Waals surface area contributed by atoms with E-state index in [0.717, 1.165) is 39.0 Å². The van der Waals surface area contributed by atoms with Crippen LogP contribution in [-0.2, 0) is 6.54 Å². The fraction of sp³-hybridized carbons (Fsp3) is 0.500. The Kier molecular flexibility index (Phi) is 3.58. The molecule has 19 heavy (non-hydrogen) atoms. The quantitative estimate of drug-likeness (QED) is 0.869. The highest BCUT2D eigenvalue weighted by Crippen LogP contribution is 2.23. The first-order valence-corrected chi connectivity index (χ1v) is 7.16. The maximum atomic E-state index is 9.53. The maximum Gasteiger partial charge on any atom is 0.0679 e. The Balaban J connectivity index is 1.65. The second-order valence-corrected chi connectivity index (χ2v) is 5.66. The molecule has 0 amide bonds. The van der Waals surface area contributed by atoms with Gasteiger partial charge in [0, 0.05) is 31.9 Å². The van der Waals surface area contributed by atoms with Crippen LogP contribution in [0, 0.1) is 6.92 Å². The lowest BCUT2D eigenvalue weighted by molar-refractivity contribution is 0.176. The van der Waals surface area contributed by atoms with E-state index in [-0.39, 0.29) is 6.10 Å². The number of hydrogen-bond donors (Lipinski definition) is 2. The predicted molar refractivity (Wildman–Crippen MR) is 77.7 cm³/mol. The average Bonchev–Trinajstić information content (AvgIpc) is 2.83. The first kappa shape index (κ1) is 12.7. The molecule has 2 aliphatic heterocycles. The van der Waals surface area contributed by atoms with Gasteiger partial charge in [0.25, 0.3) is 0 Å². The fourth-order valence-corrected chi connectivity index (χ4v) is 2.99. The molecule has 0 saturated carbocycles. The van der Waals surface area contributed by atoms with Gasteiger partial charge < -0.3 is 15.3 Å². The number of aliphatic hydroxyl groups is 1. The van der Waals surface area contributed by atoms with Crippen molar-refractivity contribution in [3.8, 4) is 0 Å². The van der Waals surface area contributed by atoms with Gasteiger partial charge in [-0.3, -0.25) is 0 Å². The Morgan fingerprint density at radius 3 is 3.11 bits per heavy atom. The summed E-state index contributed by atoms with van der Waals surface area (Å²) in [5, 5.41) is 13.0. The van der Waals surface area contributed by atoms with Crippen molar-refractivity contribution < 1.29 is 5.11 Å². The second kappa shape index (κ2) is 5.35. The first-order chi connectivity index (χ1) is 9.22. The SMILES string of the molecule is Cc1cccc2c1C=C(CCN1CC[C@@H](O)C1)NC2. The molecule has 0 spiro atoms. The van der Waals surface area contributed by atoms with Crippen LogP contribution in [-0.4, -0.2) is 35.7 Å². The van der Waals surface area contributed by atoms with Gasteiger partial charge in [0.2, 0.25) is 0 Å². The summed E-state index contributed by atoms with van der Waals surface area (Å²) < 4.78 is 0. The van der Waals surface area contributed by atoms with E-state index in [4.69, 9.17) is 0 Å². The zero-order valence-electron chi connectivity index (χ0n) is 11.5. The Labute approximate surface area is 114 Å². The monoisotopic (exact) mass is 258 g/mol. The summed E-state index contributed by atoms with van der Waals surface area (Å²) in [6.07, 6.45) is 4.14. The highest BCUT2D eigenvalue weighted by molar-refractivity contribution is 5.62. The summed E-state index contributed by atoms with van der Waals surface area (Å²) >= 11 is 0. The molecule has 3 nitrogen and oxygen atoms in total. The third kappa shape index (κ3) is 2.82. The van der Waals surface area contributed by atoms with E-state index in [1.807, 2.05) is 0 Å². The lowest BCUT2D eigenvalue weighted by atomic mass is 9.97. The number of fused-ring (bicyclic) bond motifs is 1. The van der Waals surface area contributed by atoms with Crippen LogP contribution >= 0.6 is 0 Å². The van der Waals surface area contributed by atoms with E-state index in [2.05, 4.69) is 41.4 Å². The molecule has 0 aromatic heterocycles. The summed E-state index contributed by atoms with van der Waals surface area (Å²) in [7, 11) is 0. The summed E-state index contributed by atoms with van der Waals surface area (Å²) in [4.78, 5) is 2.35. The van der Waals surface area contributed by atoms with Crippen LogP contribution in [0.4, 0.5) is 0 Å². The Morgan fingerprint density at radius 2 is 2.32 bits per heavy atom. The molecule has 2 aliphatic rings. The maximum absolute atomic E-state index is 9.53. The van der Waals surface area contributed by atoms with Gasteiger partial charge in [-0.2, -0.15) is 0 Å². The molecule has 1 atom stereocenters. The molecule has 0 aliphatic carbocycles. The van der Waals surface area contributed by atoms with E-state index in [1.165, 1.54) is 22.4 Å². The smallest absolute Gasteiger partial charge is 0.0679 e. The highest BCUT2D eigenvalue weighted by Gasteiger charge is 2.20. The normalized spacial score (nSPS) is 22.8. The number of hydrogen-bond acceptors (Lipinski definition) is 3. The minimum Gasteiger partial charge on any atom is -0.392 e. The van der Waals surface area contributed by atoms with Gasteiger partial charge in [-0.15, -0.1) is 0 Å². The van der Waals surface area contributed by atoms with Crippen molar-refractivity contribution in [3.63, 3.8) is 0 Å². The zero-order valence-corrected chi connectivity index (χ0v) is 11.5. The summed E-state index contributed by atoms with van der Waals surface area (Å²) in [6.45, 7) is 6.02. The van der Waals surface area contributed by atoms with Gasteiger partial charge >= 0.3 is 0 Å². The Hall–Kier alpha value is -1.32. The van der Waals surface area contributed by atoms with Crippen molar-refractivity contribution >= 4 is 6.08 Å². The number of aryl methyl sites for hydroxylation is 1. The lowest BCUT2D eigenvalue weighted by Gasteiger charge is -2.22. The molecule has 1 fully saturated rings. The molecular formula is C16H22N2O. The zero-order chi connectivity index (χ0) is 13.2. The minimum atomic E-state index is -0.115. The number of likely N-dealkylation sites (tertiary alicyclic amines) is 1. The number of rotatable bonds is 3. The molecule has 102 valence electrons. The average molecular weight is 258 g/mol. The van der Waals surface area contributed by atoms with E-state index in [9.17, 15) is 5.11 Å². The minimum absolute atomic E-state index is 0.115. The molecule has 1 aromatic rings. The molecule has 0 radical (unpaired) electrons. The third-order valence-electron chi connectivity index (χ3n) is 4.18. The predicted octanol–water partition coefficient (Wildman–Crippen LogP) is 1.90. The largest absolute Gasteiger partial charge is 0.392 e. The number of nitrogens with one attached hydrogen (secondary N) is 1. The number of benzene rings is 1. The van der Waals surface area contributed by atoms with Crippen LogP contribution in [0.5, 0.6) is 0 Å². The number of aliphatic hydroxyl groups excluding tert-OH is 1. The van der Waals surface area contributed by atoms with Crippen LogP contribution < -0.4 is 5.32 Å². The molecule has 0 unspecified atom stereocenters. The summed E-state index contributed by atoms with van der Waals surface area (Å²) in [5.41, 5.74) is 5.45. The van der Waals surface area contributed by atoms with E-state index >= 15 is 0 Å². The Morgan fingerprint density at radius 1 is 1.42 bits per heavy atom. The molecule has 3 heteroatoms. The molecular weight excluding hydrogens is 236 g/mol. The Bertz CT molecular complexity index is 496. The van der Waals surface area contributed by atoms with E-state index in [1.54, 1.807) is 0 Å². The van der Waals surface area contributed by atoms with Gasteiger partial charge in [0.15, 0.2) is 0 Å². The third-order valence-corrected chi connectivity index (χ3v) is 4.18. The first-order valence-electron chi connectivity index (χ1n) is 7.16. The molecule has 1 aromatic carbocycles. The van der Waals surface area contributed by atoms with Gasteiger partial charge in [0.1, 0.15) is 0 Å². The molecule has 3 rings (SSSR count). The van der Waals surface area contributed by atoms with Gasteiger partial charge in [-0.25, -0.2) is 0 Å². The molecule has 2 N–H and O–H groups in total. The topological polar surface area (TPSA) is 35.5 Å². The van der Waals surface area contributed by atoms with Crippen LogP contribution in [0.1, 0.15) is 29.5 Å². The number of β-amino-alcohol motifs (C(OH)–C–C–N with tert-alkyl or cyclic N) is 1.